The number of carbonyl (C=O) groups is 1. The van der Waals surface area contributed by atoms with Gasteiger partial charge in [0.2, 0.25) is 5.91 Å². The number of unbranched alkanes of at least 4 members (excludes halogenated alkanes) is 1. The molecule has 0 fully saturated rings. The Morgan fingerprint density at radius 3 is 2.87 bits per heavy atom. The molecule has 0 aromatic carbocycles. The van der Waals surface area contributed by atoms with E-state index in [1.54, 1.807) is 12.1 Å². The molecule has 0 unspecified atom stereocenters. The molecule has 0 aliphatic carbocycles. The highest BCUT2D eigenvalue weighted by atomic mass is 35.5. The minimum Gasteiger partial charge on any atom is -0.330 e. The van der Waals surface area contributed by atoms with Gasteiger partial charge in [-0.15, -0.1) is 0 Å². The third-order valence-electron chi connectivity index (χ3n) is 1.87. The van der Waals surface area contributed by atoms with Gasteiger partial charge in [0.25, 0.3) is 0 Å². The fraction of sp³-hybridized carbons (Fsp3) is 0.400. The molecule has 0 saturated carbocycles. The quantitative estimate of drug-likeness (QED) is 0.596. The summed E-state index contributed by atoms with van der Waals surface area (Å²) >= 11 is 5.61. The van der Waals surface area contributed by atoms with E-state index >= 15 is 0 Å². The lowest BCUT2D eigenvalue weighted by atomic mass is 10.2. The monoisotopic (exact) mass is 227 g/mol. The van der Waals surface area contributed by atoms with Crippen LogP contribution >= 0.6 is 11.6 Å². The lowest BCUT2D eigenvalue weighted by molar-refractivity contribution is -0.116. The van der Waals surface area contributed by atoms with Gasteiger partial charge < -0.3 is 11.1 Å². The molecule has 1 rings (SSSR count). The number of carbonyl (C=O) groups excluding carboxylic acids is 1. The number of hydrogen-bond acceptors (Lipinski definition) is 3. The molecule has 0 spiro atoms. The lowest BCUT2D eigenvalue weighted by Crippen LogP contribution is -2.12. The molecular weight excluding hydrogens is 214 g/mol. The number of pyridine rings is 1. The first-order chi connectivity index (χ1) is 7.22. The smallest absolute Gasteiger partial charge is 0.224 e. The molecule has 15 heavy (non-hydrogen) atoms. The zero-order valence-electron chi connectivity index (χ0n) is 8.37. The molecule has 0 aliphatic heterocycles. The molecule has 1 aromatic rings. The lowest BCUT2D eigenvalue weighted by Gasteiger charge is -2.03. The molecule has 1 heterocycles. The van der Waals surface area contributed by atoms with Crippen molar-refractivity contribution in [3.8, 4) is 0 Å². The summed E-state index contributed by atoms with van der Waals surface area (Å²) in [7, 11) is 0. The molecule has 0 bridgehead atoms. The number of nitrogens with one attached hydrogen (secondary N) is 1. The zero-order valence-corrected chi connectivity index (χ0v) is 9.13. The number of nitrogens with two attached hydrogens (primary N) is 1. The fourth-order valence-corrected chi connectivity index (χ4v) is 1.21. The van der Waals surface area contributed by atoms with E-state index in [1.165, 1.54) is 6.20 Å². The van der Waals surface area contributed by atoms with E-state index in [0.717, 1.165) is 12.8 Å². The molecule has 4 nitrogen and oxygen atoms in total. The standard InChI is InChI=1S/C10H14ClN3O/c11-9-5-4-8(7-13-9)14-10(15)3-1-2-6-12/h4-5,7H,1-3,6,12H2,(H,14,15). The Balaban J connectivity index is 2.34. The van der Waals surface area contributed by atoms with Crippen molar-refractivity contribution >= 4 is 23.2 Å². The van der Waals surface area contributed by atoms with Gasteiger partial charge in [-0.1, -0.05) is 11.6 Å². The van der Waals surface area contributed by atoms with Crippen LogP contribution in [0, 0.1) is 0 Å². The number of aromatic nitrogens is 1. The molecule has 3 N–H and O–H groups in total. The zero-order chi connectivity index (χ0) is 11.1. The third-order valence-corrected chi connectivity index (χ3v) is 2.09. The van der Waals surface area contributed by atoms with E-state index in [2.05, 4.69) is 10.3 Å². The van der Waals surface area contributed by atoms with Gasteiger partial charge in [-0.05, 0) is 31.5 Å². The number of rotatable bonds is 5. The van der Waals surface area contributed by atoms with Crippen LogP contribution in [0.25, 0.3) is 0 Å². The molecular formula is C10H14ClN3O. The average Bonchev–Trinajstić information content (AvgIpc) is 2.22. The van der Waals surface area contributed by atoms with Crippen LogP contribution in [-0.2, 0) is 4.79 Å². The van der Waals surface area contributed by atoms with Gasteiger partial charge >= 0.3 is 0 Å². The molecule has 0 atom stereocenters. The normalized spacial score (nSPS) is 10.0. The van der Waals surface area contributed by atoms with Crippen molar-refractivity contribution < 1.29 is 4.79 Å². The summed E-state index contributed by atoms with van der Waals surface area (Å²) in [6, 6.07) is 3.35. The Bertz CT molecular complexity index is 313. The van der Waals surface area contributed by atoms with Crippen LogP contribution in [0.2, 0.25) is 5.15 Å². The minimum atomic E-state index is -0.0208. The predicted molar refractivity (Wildman–Crippen MR) is 60.8 cm³/mol. The molecule has 1 amide bonds. The topological polar surface area (TPSA) is 68.0 Å². The highest BCUT2D eigenvalue weighted by Gasteiger charge is 2.01. The van der Waals surface area contributed by atoms with Crippen molar-refractivity contribution in [3.63, 3.8) is 0 Å². The maximum atomic E-state index is 11.4. The summed E-state index contributed by atoms with van der Waals surface area (Å²) < 4.78 is 0. The fourth-order valence-electron chi connectivity index (χ4n) is 1.10. The van der Waals surface area contributed by atoms with Crippen LogP contribution in [0.1, 0.15) is 19.3 Å². The van der Waals surface area contributed by atoms with E-state index in [1.807, 2.05) is 0 Å². The summed E-state index contributed by atoms with van der Waals surface area (Å²) in [4.78, 5) is 15.2. The largest absolute Gasteiger partial charge is 0.330 e. The van der Waals surface area contributed by atoms with Gasteiger partial charge in [-0.25, -0.2) is 4.98 Å². The maximum Gasteiger partial charge on any atom is 0.224 e. The Morgan fingerprint density at radius 2 is 2.27 bits per heavy atom. The number of amides is 1. The van der Waals surface area contributed by atoms with Gasteiger partial charge in [0.1, 0.15) is 5.15 Å². The number of nitrogens with zero attached hydrogens (tertiary/aromatic N) is 1. The van der Waals surface area contributed by atoms with Gasteiger partial charge in [-0.3, -0.25) is 4.79 Å². The Kier molecular flexibility index (Phi) is 5.07. The summed E-state index contributed by atoms with van der Waals surface area (Å²) in [5.74, 6) is -0.0208. The number of anilines is 1. The van der Waals surface area contributed by atoms with Crippen molar-refractivity contribution in [2.75, 3.05) is 11.9 Å². The van der Waals surface area contributed by atoms with Crippen molar-refractivity contribution in [2.24, 2.45) is 5.73 Å². The first kappa shape index (κ1) is 11.9. The van der Waals surface area contributed by atoms with E-state index in [-0.39, 0.29) is 5.91 Å². The highest BCUT2D eigenvalue weighted by Crippen LogP contribution is 2.10. The molecule has 1 aromatic heterocycles. The maximum absolute atomic E-state index is 11.4. The Labute approximate surface area is 93.8 Å². The van der Waals surface area contributed by atoms with E-state index in [0.29, 0.717) is 23.8 Å². The van der Waals surface area contributed by atoms with Crippen molar-refractivity contribution in [3.05, 3.63) is 23.5 Å². The molecule has 82 valence electrons. The Morgan fingerprint density at radius 1 is 1.47 bits per heavy atom. The summed E-state index contributed by atoms with van der Waals surface area (Å²) in [6.07, 6.45) is 3.69. The summed E-state index contributed by atoms with van der Waals surface area (Å²) in [6.45, 7) is 0.621. The summed E-state index contributed by atoms with van der Waals surface area (Å²) in [5.41, 5.74) is 5.99. The third kappa shape index (κ3) is 4.76. The second kappa shape index (κ2) is 6.37. The van der Waals surface area contributed by atoms with Crippen LogP contribution in [0.15, 0.2) is 18.3 Å². The molecule has 5 heteroatoms. The van der Waals surface area contributed by atoms with E-state index in [4.69, 9.17) is 17.3 Å². The number of hydrogen-bond donors (Lipinski definition) is 2. The van der Waals surface area contributed by atoms with Crippen molar-refractivity contribution in [2.45, 2.75) is 19.3 Å². The summed E-state index contributed by atoms with van der Waals surface area (Å²) in [5, 5.41) is 3.14. The van der Waals surface area contributed by atoms with Crippen LogP contribution in [0.4, 0.5) is 5.69 Å². The van der Waals surface area contributed by atoms with Gasteiger partial charge in [0.05, 0.1) is 11.9 Å². The minimum absolute atomic E-state index is 0.0208. The van der Waals surface area contributed by atoms with Gasteiger partial charge in [0.15, 0.2) is 0 Å². The molecule has 0 aliphatic rings. The predicted octanol–water partition coefficient (Wildman–Crippen LogP) is 1.80. The van der Waals surface area contributed by atoms with Crippen molar-refractivity contribution in [1.29, 1.82) is 0 Å². The first-order valence-electron chi connectivity index (χ1n) is 4.84. The second-order valence-corrected chi connectivity index (χ2v) is 3.55. The van der Waals surface area contributed by atoms with Crippen LogP contribution < -0.4 is 11.1 Å². The first-order valence-corrected chi connectivity index (χ1v) is 5.21. The van der Waals surface area contributed by atoms with Gasteiger partial charge in [-0.2, -0.15) is 0 Å². The Hall–Kier alpha value is -1.13. The molecule has 0 radical (unpaired) electrons. The van der Waals surface area contributed by atoms with Gasteiger partial charge in [0, 0.05) is 6.42 Å². The van der Waals surface area contributed by atoms with Crippen LogP contribution in [-0.4, -0.2) is 17.4 Å². The van der Waals surface area contributed by atoms with E-state index < -0.39 is 0 Å². The van der Waals surface area contributed by atoms with Crippen LogP contribution in [0.3, 0.4) is 0 Å². The average molecular weight is 228 g/mol. The number of halogens is 1. The SMILES string of the molecule is NCCCCC(=O)Nc1ccc(Cl)nc1. The van der Waals surface area contributed by atoms with E-state index in [9.17, 15) is 4.79 Å². The molecule has 0 saturated heterocycles. The highest BCUT2D eigenvalue weighted by molar-refractivity contribution is 6.29. The van der Waals surface area contributed by atoms with Crippen molar-refractivity contribution in [1.82, 2.24) is 4.98 Å². The second-order valence-electron chi connectivity index (χ2n) is 3.16. The van der Waals surface area contributed by atoms with Crippen LogP contribution in [0.5, 0.6) is 0 Å².